The molecule has 150 valence electrons. The van der Waals surface area contributed by atoms with E-state index < -0.39 is 0 Å². The molecule has 2 aromatic carbocycles. The Balaban J connectivity index is 0.00000300. The Labute approximate surface area is 184 Å². The number of nitrogens with one attached hydrogen (secondary N) is 1. The summed E-state index contributed by atoms with van der Waals surface area (Å²) in [6, 6.07) is 16.5. The Kier molecular flexibility index (Phi) is 7.73. The van der Waals surface area contributed by atoms with Crippen LogP contribution in [0, 0.1) is 12.3 Å². The maximum atomic E-state index is 12.9. The number of Topliss-reactive ketones (excluding diaryl/α,β-unsaturated/α-hetero) is 1. The first-order valence-corrected chi connectivity index (χ1v) is 9.87. The van der Waals surface area contributed by atoms with Gasteiger partial charge in [0.05, 0.1) is 17.1 Å². The molecule has 1 aromatic heterocycles. The van der Waals surface area contributed by atoms with Gasteiger partial charge in [0, 0.05) is 21.9 Å². The molecular weight excluding hydrogens is 427 g/mol. The number of nitrogens with two attached hydrogens (primary N) is 1. The van der Waals surface area contributed by atoms with Crippen LogP contribution in [0.25, 0.3) is 10.4 Å². The number of aryl methyl sites for hydroxylation is 1. The normalized spacial score (nSPS) is 10.3. The number of thiophene rings is 1. The predicted octanol–water partition coefficient (Wildman–Crippen LogP) is 5.47. The van der Waals surface area contributed by atoms with Crippen LogP contribution in [0.2, 0.25) is 5.02 Å². The van der Waals surface area contributed by atoms with Crippen molar-refractivity contribution in [1.82, 2.24) is 0 Å². The zero-order valence-electron chi connectivity index (χ0n) is 15.7. The summed E-state index contributed by atoms with van der Waals surface area (Å²) in [6.45, 7) is 1.97. The lowest BCUT2D eigenvalue weighted by Gasteiger charge is -2.04. The second-order valence-corrected chi connectivity index (χ2v) is 8.07. The molecule has 3 aromatic rings. The summed E-state index contributed by atoms with van der Waals surface area (Å²) >= 11 is 7.34. The van der Waals surface area contributed by atoms with E-state index in [1.165, 1.54) is 11.3 Å². The minimum atomic E-state index is -0.163. The highest BCUT2D eigenvalue weighted by Gasteiger charge is 2.19. The zero-order valence-corrected chi connectivity index (χ0v) is 18.1. The van der Waals surface area contributed by atoms with Crippen molar-refractivity contribution in [2.24, 2.45) is 5.73 Å². The molecule has 29 heavy (non-hydrogen) atoms. The van der Waals surface area contributed by atoms with Crippen molar-refractivity contribution in [3.63, 3.8) is 0 Å². The van der Waals surface area contributed by atoms with Gasteiger partial charge < -0.3 is 5.73 Å². The van der Waals surface area contributed by atoms with E-state index in [1.807, 2.05) is 31.2 Å². The second-order valence-electron chi connectivity index (χ2n) is 6.58. The fourth-order valence-electron chi connectivity index (χ4n) is 2.85. The van der Waals surface area contributed by atoms with E-state index in [1.54, 1.807) is 30.3 Å². The Morgan fingerprint density at radius 3 is 2.28 bits per heavy atom. The van der Waals surface area contributed by atoms with Gasteiger partial charge >= 0.3 is 0 Å². The first-order valence-electron chi connectivity index (χ1n) is 8.68. The average Bonchev–Trinajstić information content (AvgIpc) is 3.05. The maximum absolute atomic E-state index is 12.9. The highest BCUT2D eigenvalue weighted by Crippen LogP contribution is 2.35. The van der Waals surface area contributed by atoms with Crippen molar-refractivity contribution < 1.29 is 9.59 Å². The number of benzene rings is 2. The van der Waals surface area contributed by atoms with E-state index in [-0.39, 0.29) is 42.7 Å². The van der Waals surface area contributed by atoms with Crippen LogP contribution in [-0.2, 0) is 11.2 Å². The van der Waals surface area contributed by atoms with Gasteiger partial charge in [0.15, 0.2) is 0 Å². The maximum Gasteiger partial charge on any atom is 0.202 e. The standard InChI is InChI=1S/C22H19ClN2O2S.ClH/c1-13-2-4-14(5-3-13)21(27)19-11-16(10-18(26)12-20(24)25)22(28-19)15-6-8-17(23)9-7-15;/h2-9,11H,10,12H2,1H3,(H3,24,25);1H. The number of hydrogen-bond acceptors (Lipinski definition) is 4. The van der Waals surface area contributed by atoms with E-state index in [0.717, 1.165) is 21.6 Å². The SMILES string of the molecule is Cc1ccc(C(=O)c2cc(CC(=O)CC(=N)N)c(-c3ccc(Cl)cc3)s2)cc1.Cl. The molecule has 0 spiro atoms. The van der Waals surface area contributed by atoms with Crippen molar-refractivity contribution in [1.29, 1.82) is 5.41 Å². The van der Waals surface area contributed by atoms with Gasteiger partial charge in [0.25, 0.3) is 0 Å². The first-order chi connectivity index (χ1) is 13.3. The van der Waals surface area contributed by atoms with Crippen molar-refractivity contribution in [2.45, 2.75) is 19.8 Å². The van der Waals surface area contributed by atoms with Gasteiger partial charge in [-0.3, -0.25) is 15.0 Å². The highest BCUT2D eigenvalue weighted by molar-refractivity contribution is 7.17. The minimum absolute atomic E-state index is 0. The van der Waals surface area contributed by atoms with Crippen LogP contribution in [-0.4, -0.2) is 17.4 Å². The second kappa shape index (κ2) is 9.83. The lowest BCUT2D eigenvalue weighted by Crippen LogP contribution is -2.16. The molecule has 0 aliphatic heterocycles. The number of rotatable bonds is 7. The van der Waals surface area contributed by atoms with Crippen LogP contribution in [0.3, 0.4) is 0 Å². The molecule has 0 radical (unpaired) electrons. The molecule has 4 nitrogen and oxygen atoms in total. The molecule has 0 saturated carbocycles. The third-order valence-electron chi connectivity index (χ3n) is 4.23. The minimum Gasteiger partial charge on any atom is -0.387 e. The molecule has 0 aliphatic rings. The molecule has 7 heteroatoms. The Morgan fingerprint density at radius 1 is 1.07 bits per heavy atom. The molecule has 0 aliphatic carbocycles. The van der Waals surface area contributed by atoms with Gasteiger partial charge in [0.1, 0.15) is 5.78 Å². The van der Waals surface area contributed by atoms with Crippen molar-refractivity contribution in [3.05, 3.63) is 81.2 Å². The molecular formula is C22H20Cl2N2O2S. The van der Waals surface area contributed by atoms with Gasteiger partial charge in [-0.05, 0) is 36.2 Å². The number of ketones is 2. The van der Waals surface area contributed by atoms with Gasteiger partial charge in [-0.25, -0.2) is 0 Å². The quantitative estimate of drug-likeness (QED) is 0.286. The third-order valence-corrected chi connectivity index (χ3v) is 5.71. The lowest BCUT2D eigenvalue weighted by molar-refractivity contribution is -0.117. The topological polar surface area (TPSA) is 84.0 Å². The summed E-state index contributed by atoms with van der Waals surface area (Å²) in [5, 5.41) is 7.94. The van der Waals surface area contributed by atoms with Gasteiger partial charge in [-0.2, -0.15) is 0 Å². The third kappa shape index (κ3) is 5.76. The van der Waals surface area contributed by atoms with Gasteiger partial charge in [-0.1, -0.05) is 53.6 Å². The zero-order chi connectivity index (χ0) is 20.3. The molecule has 0 saturated heterocycles. The number of carbonyl (C=O) groups is 2. The van der Waals surface area contributed by atoms with Crippen LogP contribution in [0.5, 0.6) is 0 Å². The number of halogens is 2. The predicted molar refractivity (Wildman–Crippen MR) is 122 cm³/mol. The van der Waals surface area contributed by atoms with Crippen molar-refractivity contribution in [2.75, 3.05) is 0 Å². The summed E-state index contributed by atoms with van der Waals surface area (Å²) in [4.78, 5) is 26.6. The van der Waals surface area contributed by atoms with E-state index in [2.05, 4.69) is 0 Å². The van der Waals surface area contributed by atoms with Crippen LogP contribution in [0.4, 0.5) is 0 Å². The molecule has 1 heterocycles. The summed E-state index contributed by atoms with van der Waals surface area (Å²) in [5.74, 6) is -0.399. The Morgan fingerprint density at radius 2 is 1.69 bits per heavy atom. The van der Waals surface area contributed by atoms with E-state index in [4.69, 9.17) is 22.7 Å². The van der Waals surface area contributed by atoms with Crippen LogP contribution in [0.15, 0.2) is 54.6 Å². The molecule has 0 bridgehead atoms. The van der Waals surface area contributed by atoms with Gasteiger partial charge in [-0.15, -0.1) is 23.7 Å². The number of amidine groups is 1. The summed E-state index contributed by atoms with van der Waals surface area (Å²) < 4.78 is 0. The largest absolute Gasteiger partial charge is 0.387 e. The first kappa shape index (κ1) is 22.8. The molecule has 0 amide bonds. The van der Waals surface area contributed by atoms with E-state index in [0.29, 0.717) is 15.5 Å². The molecule has 0 fully saturated rings. The van der Waals surface area contributed by atoms with E-state index >= 15 is 0 Å². The van der Waals surface area contributed by atoms with Crippen molar-refractivity contribution in [3.8, 4) is 10.4 Å². The fourth-order valence-corrected chi connectivity index (χ4v) is 4.13. The average molecular weight is 447 g/mol. The summed E-state index contributed by atoms with van der Waals surface area (Å²) in [6.07, 6.45) is 0.0202. The molecule has 0 atom stereocenters. The molecule has 3 N–H and O–H groups in total. The Bertz CT molecular complexity index is 1040. The highest BCUT2D eigenvalue weighted by atomic mass is 35.5. The molecule has 0 unspecified atom stereocenters. The van der Waals surface area contributed by atoms with Crippen molar-refractivity contribution >= 4 is 52.7 Å². The van der Waals surface area contributed by atoms with Crippen LogP contribution >= 0.6 is 35.3 Å². The van der Waals surface area contributed by atoms with Crippen LogP contribution in [0.1, 0.15) is 32.8 Å². The lowest BCUT2D eigenvalue weighted by atomic mass is 10.0. The number of hydrogen-bond donors (Lipinski definition) is 2. The number of carbonyl (C=O) groups excluding carboxylic acids is 2. The van der Waals surface area contributed by atoms with Crippen LogP contribution < -0.4 is 5.73 Å². The molecule has 3 rings (SSSR count). The Hall–Kier alpha value is -2.47. The summed E-state index contributed by atoms with van der Waals surface area (Å²) in [5.41, 5.74) is 8.69. The monoisotopic (exact) mass is 446 g/mol. The smallest absolute Gasteiger partial charge is 0.202 e. The fraction of sp³-hybridized carbons (Fsp3) is 0.136. The van der Waals surface area contributed by atoms with Gasteiger partial charge in [0.2, 0.25) is 5.78 Å². The summed E-state index contributed by atoms with van der Waals surface area (Å²) in [7, 11) is 0. The van der Waals surface area contributed by atoms with E-state index in [9.17, 15) is 9.59 Å².